The van der Waals surface area contributed by atoms with Crippen LogP contribution in [0, 0.1) is 0 Å². The lowest BCUT2D eigenvalue weighted by molar-refractivity contribution is -0.163. The smallest absolute Gasteiger partial charge is 0.306 e. The lowest BCUT2D eigenvalue weighted by atomic mass is 10.1. The molecule has 272 valence electrons. The highest BCUT2D eigenvalue weighted by molar-refractivity contribution is 5.70. The zero-order chi connectivity index (χ0) is 33.6. The molecule has 0 aliphatic carbocycles. The van der Waals surface area contributed by atoms with Crippen LogP contribution in [0.4, 0.5) is 0 Å². The second kappa shape index (κ2) is 38.1. The Morgan fingerprint density at radius 2 is 0.848 bits per heavy atom. The van der Waals surface area contributed by atoms with E-state index in [4.69, 9.17) is 14.2 Å². The van der Waals surface area contributed by atoms with Crippen molar-refractivity contribution in [2.24, 2.45) is 0 Å². The molecule has 0 bridgehead atoms. The van der Waals surface area contributed by atoms with Crippen molar-refractivity contribution >= 4 is 11.9 Å². The largest absolute Gasteiger partial charge is 0.462 e. The maximum atomic E-state index is 12.5. The van der Waals surface area contributed by atoms with E-state index in [1.165, 1.54) is 141 Å². The fourth-order valence-corrected chi connectivity index (χ4v) is 5.74. The molecule has 0 aromatic heterocycles. The molecule has 0 aliphatic heterocycles. The van der Waals surface area contributed by atoms with Crippen molar-refractivity contribution in [3.05, 3.63) is 12.2 Å². The third kappa shape index (κ3) is 35.5. The van der Waals surface area contributed by atoms with E-state index >= 15 is 0 Å². The Balaban J connectivity index is 4.15. The summed E-state index contributed by atoms with van der Waals surface area (Å²) in [7, 11) is 0. The minimum absolute atomic E-state index is 0.0895. The summed E-state index contributed by atoms with van der Waals surface area (Å²) in [6.07, 6.45) is 39.2. The van der Waals surface area contributed by atoms with Gasteiger partial charge in [-0.1, -0.05) is 168 Å². The zero-order valence-electron chi connectivity index (χ0n) is 31.1. The minimum atomic E-state index is -0.524. The molecule has 5 heteroatoms. The van der Waals surface area contributed by atoms with Crippen LogP contribution in [-0.2, 0) is 23.8 Å². The van der Waals surface area contributed by atoms with Gasteiger partial charge in [0.1, 0.15) is 6.61 Å². The van der Waals surface area contributed by atoms with E-state index in [0.29, 0.717) is 26.1 Å². The summed E-state index contributed by atoms with van der Waals surface area (Å²) in [5, 5.41) is 0. The van der Waals surface area contributed by atoms with Crippen LogP contribution >= 0.6 is 0 Å². The van der Waals surface area contributed by atoms with Crippen LogP contribution in [-0.4, -0.2) is 37.9 Å². The quantitative estimate of drug-likeness (QED) is 0.0380. The van der Waals surface area contributed by atoms with E-state index in [-0.39, 0.29) is 18.5 Å². The molecule has 0 saturated carbocycles. The van der Waals surface area contributed by atoms with Crippen LogP contribution in [0.2, 0.25) is 0 Å². The third-order valence-electron chi connectivity index (χ3n) is 8.80. The van der Waals surface area contributed by atoms with Crippen LogP contribution < -0.4 is 0 Å². The van der Waals surface area contributed by atoms with Gasteiger partial charge in [-0.2, -0.15) is 0 Å². The lowest BCUT2D eigenvalue weighted by Crippen LogP contribution is -2.30. The molecule has 0 aromatic rings. The van der Waals surface area contributed by atoms with Crippen molar-refractivity contribution in [1.29, 1.82) is 0 Å². The van der Waals surface area contributed by atoms with Crippen LogP contribution in [0.1, 0.15) is 213 Å². The maximum Gasteiger partial charge on any atom is 0.306 e. The Morgan fingerprint density at radius 1 is 0.457 bits per heavy atom. The average Bonchev–Trinajstić information content (AvgIpc) is 3.05. The molecule has 0 N–H and O–H groups in total. The second-order valence-electron chi connectivity index (χ2n) is 13.6. The van der Waals surface area contributed by atoms with Crippen molar-refractivity contribution in [3.63, 3.8) is 0 Å². The van der Waals surface area contributed by atoms with Crippen LogP contribution in [0.3, 0.4) is 0 Å². The number of hydrogen-bond acceptors (Lipinski definition) is 5. The topological polar surface area (TPSA) is 61.8 Å². The molecule has 1 atom stereocenters. The minimum Gasteiger partial charge on any atom is -0.462 e. The highest BCUT2D eigenvalue weighted by atomic mass is 16.6. The molecule has 0 aliphatic rings. The van der Waals surface area contributed by atoms with Crippen molar-refractivity contribution in [2.45, 2.75) is 219 Å². The standard InChI is InChI=1S/C41H78O5/c1-4-7-10-13-16-18-19-20-21-22-24-27-30-33-36-44-37-39(46-41(43)35-32-29-25-15-12-9-6-3)38-45-40(42)34-31-28-26-23-17-14-11-8-5-2/h18-19,39H,4-17,20-38H2,1-3H3/b19-18-. The summed E-state index contributed by atoms with van der Waals surface area (Å²) in [5.41, 5.74) is 0. The Hall–Kier alpha value is -1.36. The zero-order valence-corrected chi connectivity index (χ0v) is 31.1. The number of allylic oxidation sites excluding steroid dienone is 2. The first kappa shape index (κ1) is 44.6. The lowest BCUT2D eigenvalue weighted by Gasteiger charge is -2.18. The average molecular weight is 651 g/mol. The molecule has 0 radical (unpaired) electrons. The molecule has 5 nitrogen and oxygen atoms in total. The molecule has 0 heterocycles. The number of carbonyl (C=O) groups excluding carboxylic acids is 2. The third-order valence-corrected chi connectivity index (χ3v) is 8.80. The number of rotatable bonds is 37. The van der Waals surface area contributed by atoms with Gasteiger partial charge in [0.25, 0.3) is 0 Å². The van der Waals surface area contributed by atoms with Gasteiger partial charge in [-0.3, -0.25) is 9.59 Å². The molecule has 0 aromatic carbocycles. The summed E-state index contributed by atoms with van der Waals surface area (Å²) >= 11 is 0. The number of esters is 2. The van der Waals surface area contributed by atoms with E-state index in [0.717, 1.165) is 38.5 Å². The van der Waals surface area contributed by atoms with E-state index in [9.17, 15) is 9.59 Å². The molecule has 0 saturated heterocycles. The van der Waals surface area contributed by atoms with Gasteiger partial charge in [0.05, 0.1) is 6.61 Å². The van der Waals surface area contributed by atoms with Crippen LogP contribution in [0.25, 0.3) is 0 Å². The molecule has 0 spiro atoms. The molecule has 1 unspecified atom stereocenters. The van der Waals surface area contributed by atoms with Gasteiger partial charge in [0.2, 0.25) is 0 Å². The first-order chi connectivity index (χ1) is 22.6. The Labute approximate surface area is 286 Å². The van der Waals surface area contributed by atoms with Crippen molar-refractivity contribution < 1.29 is 23.8 Å². The molecule has 0 fully saturated rings. The normalized spacial score (nSPS) is 12.2. The number of carbonyl (C=O) groups is 2. The monoisotopic (exact) mass is 651 g/mol. The Morgan fingerprint density at radius 3 is 1.35 bits per heavy atom. The molecule has 0 rings (SSSR count). The van der Waals surface area contributed by atoms with Crippen molar-refractivity contribution in [3.8, 4) is 0 Å². The van der Waals surface area contributed by atoms with Crippen molar-refractivity contribution in [1.82, 2.24) is 0 Å². The first-order valence-corrected chi connectivity index (χ1v) is 20.2. The van der Waals surface area contributed by atoms with Gasteiger partial charge >= 0.3 is 11.9 Å². The molecule has 46 heavy (non-hydrogen) atoms. The Bertz CT molecular complexity index is 661. The van der Waals surface area contributed by atoms with Gasteiger partial charge < -0.3 is 14.2 Å². The fourth-order valence-electron chi connectivity index (χ4n) is 5.74. The predicted molar refractivity (Wildman–Crippen MR) is 196 cm³/mol. The number of unbranched alkanes of at least 4 members (excludes halogenated alkanes) is 24. The van der Waals surface area contributed by atoms with Gasteiger partial charge in [0.15, 0.2) is 6.10 Å². The van der Waals surface area contributed by atoms with Crippen LogP contribution in [0.15, 0.2) is 12.2 Å². The van der Waals surface area contributed by atoms with Crippen molar-refractivity contribution in [2.75, 3.05) is 19.8 Å². The van der Waals surface area contributed by atoms with E-state index in [2.05, 4.69) is 32.9 Å². The van der Waals surface area contributed by atoms with E-state index in [1.54, 1.807) is 0 Å². The number of ether oxygens (including phenoxy) is 3. The van der Waals surface area contributed by atoms with Gasteiger partial charge in [-0.25, -0.2) is 0 Å². The van der Waals surface area contributed by atoms with E-state index < -0.39 is 6.10 Å². The predicted octanol–water partition coefficient (Wildman–Crippen LogP) is 12.8. The SMILES string of the molecule is CCCCCC/C=C\CCCCCCCCOCC(COC(=O)CCCCCCCCCCC)OC(=O)CCCCCCCCC. The fraction of sp³-hybridized carbons (Fsp3) is 0.902. The second-order valence-corrected chi connectivity index (χ2v) is 13.6. The summed E-state index contributed by atoms with van der Waals surface area (Å²) in [6.45, 7) is 7.76. The van der Waals surface area contributed by atoms with Gasteiger partial charge in [-0.05, 0) is 44.9 Å². The summed E-state index contributed by atoms with van der Waals surface area (Å²) in [5.74, 6) is -0.401. The maximum absolute atomic E-state index is 12.5. The summed E-state index contributed by atoms with van der Waals surface area (Å²) in [4.78, 5) is 24.9. The van der Waals surface area contributed by atoms with Gasteiger partial charge in [-0.15, -0.1) is 0 Å². The van der Waals surface area contributed by atoms with Gasteiger partial charge in [0, 0.05) is 19.4 Å². The summed E-state index contributed by atoms with van der Waals surface area (Å²) < 4.78 is 17.2. The Kier molecular flexibility index (Phi) is 37.0. The highest BCUT2D eigenvalue weighted by Gasteiger charge is 2.17. The highest BCUT2D eigenvalue weighted by Crippen LogP contribution is 2.13. The molecular weight excluding hydrogens is 572 g/mol. The van der Waals surface area contributed by atoms with Crippen LogP contribution in [0.5, 0.6) is 0 Å². The van der Waals surface area contributed by atoms with E-state index in [1.807, 2.05) is 0 Å². The first-order valence-electron chi connectivity index (χ1n) is 20.2. The number of hydrogen-bond donors (Lipinski definition) is 0. The molecule has 0 amide bonds. The summed E-state index contributed by atoms with van der Waals surface area (Å²) in [6, 6.07) is 0. The molecular formula is C41H78O5.